The maximum absolute atomic E-state index is 12.6. The van der Waals surface area contributed by atoms with Crippen molar-refractivity contribution in [3.05, 3.63) is 53.1 Å². The molecule has 0 unspecified atom stereocenters. The number of rotatable bonds is 5. The quantitative estimate of drug-likeness (QED) is 0.886. The van der Waals surface area contributed by atoms with Crippen molar-refractivity contribution in [2.24, 2.45) is 0 Å². The normalized spacial score (nSPS) is 13.3. The molecule has 1 amide bonds. The van der Waals surface area contributed by atoms with Crippen molar-refractivity contribution in [3.8, 4) is 5.75 Å². The first-order chi connectivity index (χ1) is 11.7. The van der Waals surface area contributed by atoms with Crippen LogP contribution in [0.3, 0.4) is 0 Å². The smallest absolute Gasteiger partial charge is 0.228 e. The molecule has 0 bridgehead atoms. The molecular weight excluding hydrogens is 324 g/mol. The molecule has 0 saturated carbocycles. The Morgan fingerprint density at radius 3 is 2.96 bits per heavy atom. The van der Waals surface area contributed by atoms with Crippen LogP contribution in [0.5, 0.6) is 5.75 Å². The number of hydrogen-bond acceptors (Lipinski definition) is 3. The van der Waals surface area contributed by atoms with Crippen molar-refractivity contribution >= 4 is 28.9 Å². The lowest BCUT2D eigenvalue weighted by Gasteiger charge is -2.29. The van der Waals surface area contributed by atoms with Crippen LogP contribution < -0.4 is 15.0 Å². The highest BCUT2D eigenvalue weighted by atomic mass is 35.5. The fraction of sp³-hybridized carbons (Fsp3) is 0.316. The van der Waals surface area contributed by atoms with Crippen LogP contribution in [0.4, 0.5) is 11.4 Å². The molecule has 0 saturated heterocycles. The number of nitrogens with zero attached hydrogens (tertiary/aromatic N) is 1. The summed E-state index contributed by atoms with van der Waals surface area (Å²) in [5, 5.41) is 3.88. The van der Waals surface area contributed by atoms with Gasteiger partial charge in [-0.25, -0.2) is 0 Å². The van der Waals surface area contributed by atoms with Gasteiger partial charge in [-0.3, -0.25) is 4.79 Å². The Labute approximate surface area is 147 Å². The third-order valence-electron chi connectivity index (χ3n) is 4.23. The molecule has 24 heavy (non-hydrogen) atoms. The number of hydrogen-bond donors (Lipinski definition) is 1. The van der Waals surface area contributed by atoms with Gasteiger partial charge in [0, 0.05) is 30.2 Å². The number of benzene rings is 2. The fourth-order valence-electron chi connectivity index (χ4n) is 3.05. The molecule has 2 aromatic rings. The second-order valence-corrected chi connectivity index (χ2v) is 6.24. The highest BCUT2D eigenvalue weighted by Crippen LogP contribution is 2.29. The molecule has 0 aliphatic carbocycles. The average Bonchev–Trinajstić information content (AvgIpc) is 2.61. The van der Waals surface area contributed by atoms with E-state index in [0.717, 1.165) is 36.5 Å². The van der Waals surface area contributed by atoms with Gasteiger partial charge >= 0.3 is 0 Å². The van der Waals surface area contributed by atoms with Crippen molar-refractivity contribution in [2.45, 2.75) is 19.3 Å². The van der Waals surface area contributed by atoms with Crippen LogP contribution in [-0.2, 0) is 11.2 Å². The zero-order chi connectivity index (χ0) is 16.9. The Morgan fingerprint density at radius 2 is 2.12 bits per heavy atom. The minimum absolute atomic E-state index is 0.135. The van der Waals surface area contributed by atoms with Crippen LogP contribution in [0.2, 0.25) is 5.02 Å². The lowest BCUT2D eigenvalue weighted by molar-refractivity contribution is -0.118. The van der Waals surface area contributed by atoms with Crippen molar-refractivity contribution in [1.29, 1.82) is 0 Å². The fourth-order valence-corrected chi connectivity index (χ4v) is 3.22. The number of carbonyl (C=O) groups is 1. The molecule has 126 valence electrons. The predicted octanol–water partition coefficient (Wildman–Crippen LogP) is 4.13. The predicted molar refractivity (Wildman–Crippen MR) is 98.2 cm³/mol. The van der Waals surface area contributed by atoms with Gasteiger partial charge in [-0.05, 0) is 42.7 Å². The largest absolute Gasteiger partial charge is 0.495 e. The van der Waals surface area contributed by atoms with E-state index < -0.39 is 0 Å². The zero-order valence-electron chi connectivity index (χ0n) is 13.7. The summed E-state index contributed by atoms with van der Waals surface area (Å²) in [5.41, 5.74) is 3.10. The number of methoxy groups -OCH3 is 1. The molecule has 5 heteroatoms. The van der Waals surface area contributed by atoms with Gasteiger partial charge in [-0.15, -0.1) is 0 Å². The number of fused-ring (bicyclic) bond motifs is 1. The Bertz CT molecular complexity index is 733. The number of para-hydroxylation sites is 1. The summed E-state index contributed by atoms with van der Waals surface area (Å²) in [6.45, 7) is 1.32. The standard InChI is InChI=1S/C19H21ClN2O2/c1-24-18-9-8-15(20)13-16(18)21-11-10-19(23)22-12-4-6-14-5-2-3-7-17(14)22/h2-3,5,7-9,13,21H,4,6,10-12H2,1H3. The topological polar surface area (TPSA) is 41.6 Å². The zero-order valence-corrected chi connectivity index (χ0v) is 14.5. The van der Waals surface area contributed by atoms with E-state index in [2.05, 4.69) is 11.4 Å². The molecule has 1 N–H and O–H groups in total. The second-order valence-electron chi connectivity index (χ2n) is 5.80. The van der Waals surface area contributed by atoms with Crippen molar-refractivity contribution in [1.82, 2.24) is 0 Å². The summed E-state index contributed by atoms with van der Waals surface area (Å²) in [7, 11) is 1.62. The highest BCUT2D eigenvalue weighted by molar-refractivity contribution is 6.30. The lowest BCUT2D eigenvalue weighted by Crippen LogP contribution is -2.36. The molecule has 1 aliphatic rings. The Balaban J connectivity index is 1.62. The average molecular weight is 345 g/mol. The molecule has 2 aromatic carbocycles. The first-order valence-corrected chi connectivity index (χ1v) is 8.52. The summed E-state index contributed by atoms with van der Waals surface area (Å²) < 4.78 is 5.30. The van der Waals surface area contributed by atoms with Gasteiger partial charge in [0.15, 0.2) is 0 Å². The minimum atomic E-state index is 0.135. The van der Waals surface area contributed by atoms with Crippen LogP contribution in [0, 0.1) is 0 Å². The summed E-state index contributed by atoms with van der Waals surface area (Å²) in [6.07, 6.45) is 2.47. The van der Waals surface area contributed by atoms with E-state index in [9.17, 15) is 4.79 Å². The van der Waals surface area contributed by atoms with Gasteiger partial charge in [-0.2, -0.15) is 0 Å². The van der Waals surface area contributed by atoms with E-state index in [-0.39, 0.29) is 5.91 Å². The lowest BCUT2D eigenvalue weighted by atomic mass is 10.0. The first kappa shape index (κ1) is 16.7. The van der Waals surface area contributed by atoms with Crippen LogP contribution >= 0.6 is 11.6 Å². The maximum atomic E-state index is 12.6. The van der Waals surface area contributed by atoms with E-state index in [1.165, 1.54) is 5.56 Å². The number of aryl methyl sites for hydroxylation is 1. The molecule has 0 radical (unpaired) electrons. The van der Waals surface area contributed by atoms with Crippen molar-refractivity contribution in [3.63, 3.8) is 0 Å². The van der Waals surface area contributed by atoms with Gasteiger partial charge in [-0.1, -0.05) is 29.8 Å². The number of amides is 1. The van der Waals surface area contributed by atoms with Crippen LogP contribution in [-0.4, -0.2) is 26.1 Å². The highest BCUT2D eigenvalue weighted by Gasteiger charge is 2.21. The molecular formula is C19H21ClN2O2. The number of nitrogens with one attached hydrogen (secondary N) is 1. The summed E-state index contributed by atoms with van der Waals surface area (Å²) >= 11 is 6.02. The SMILES string of the molecule is COc1ccc(Cl)cc1NCCC(=O)N1CCCc2ccccc21. The van der Waals surface area contributed by atoms with Gasteiger partial charge < -0.3 is 15.0 Å². The van der Waals surface area contributed by atoms with E-state index in [4.69, 9.17) is 16.3 Å². The maximum Gasteiger partial charge on any atom is 0.228 e. The van der Waals surface area contributed by atoms with E-state index >= 15 is 0 Å². The van der Waals surface area contributed by atoms with Crippen molar-refractivity contribution in [2.75, 3.05) is 30.4 Å². The van der Waals surface area contributed by atoms with Gasteiger partial charge in [0.2, 0.25) is 5.91 Å². The molecule has 0 aromatic heterocycles. The Kier molecular flexibility index (Phi) is 5.26. The van der Waals surface area contributed by atoms with E-state index in [1.807, 2.05) is 29.2 Å². The Morgan fingerprint density at radius 1 is 1.29 bits per heavy atom. The third-order valence-corrected chi connectivity index (χ3v) is 4.46. The number of ether oxygens (including phenoxy) is 1. The van der Waals surface area contributed by atoms with E-state index in [0.29, 0.717) is 18.0 Å². The summed E-state index contributed by atoms with van der Waals surface area (Å²) in [6, 6.07) is 13.5. The summed E-state index contributed by atoms with van der Waals surface area (Å²) in [5.74, 6) is 0.853. The number of halogens is 1. The summed E-state index contributed by atoms with van der Waals surface area (Å²) in [4.78, 5) is 14.5. The first-order valence-electron chi connectivity index (χ1n) is 8.14. The van der Waals surface area contributed by atoms with Crippen LogP contribution in [0.15, 0.2) is 42.5 Å². The number of anilines is 2. The molecule has 1 heterocycles. The van der Waals surface area contributed by atoms with Crippen LogP contribution in [0.25, 0.3) is 0 Å². The molecule has 4 nitrogen and oxygen atoms in total. The third kappa shape index (κ3) is 3.65. The van der Waals surface area contributed by atoms with Gasteiger partial charge in [0.25, 0.3) is 0 Å². The molecule has 0 spiro atoms. The Hall–Kier alpha value is -2.20. The molecule has 1 aliphatic heterocycles. The monoisotopic (exact) mass is 344 g/mol. The van der Waals surface area contributed by atoms with Gasteiger partial charge in [0.05, 0.1) is 12.8 Å². The second kappa shape index (κ2) is 7.58. The molecule has 0 atom stereocenters. The molecule has 3 rings (SSSR count). The van der Waals surface area contributed by atoms with Crippen molar-refractivity contribution < 1.29 is 9.53 Å². The van der Waals surface area contributed by atoms with Crippen LogP contribution in [0.1, 0.15) is 18.4 Å². The minimum Gasteiger partial charge on any atom is -0.495 e. The van der Waals surface area contributed by atoms with E-state index in [1.54, 1.807) is 19.2 Å². The molecule has 0 fully saturated rings. The van der Waals surface area contributed by atoms with Gasteiger partial charge in [0.1, 0.15) is 5.75 Å². The number of carbonyl (C=O) groups excluding carboxylic acids is 1.